The number of rotatable bonds is 4. The lowest BCUT2D eigenvalue weighted by Gasteiger charge is -2.31. The molecule has 3 heterocycles. The molecule has 29 heavy (non-hydrogen) atoms. The number of hydrogen-bond acceptors (Lipinski definition) is 7. The third-order valence-corrected chi connectivity index (χ3v) is 7.26. The average molecular weight is 423 g/mol. The molecule has 0 radical (unpaired) electrons. The summed E-state index contributed by atoms with van der Waals surface area (Å²) in [7, 11) is -3.29. The van der Waals surface area contributed by atoms with E-state index in [9.17, 15) is 18.3 Å². The molecule has 0 spiro atoms. The summed E-state index contributed by atoms with van der Waals surface area (Å²) < 4.78 is 33.6. The summed E-state index contributed by atoms with van der Waals surface area (Å²) in [6.07, 6.45) is 4.04. The molecule has 2 fully saturated rings. The van der Waals surface area contributed by atoms with Crippen molar-refractivity contribution in [2.45, 2.75) is 56.6 Å². The lowest BCUT2D eigenvalue weighted by molar-refractivity contribution is 0.0489. The first-order valence-corrected chi connectivity index (χ1v) is 11.7. The second-order valence-electron chi connectivity index (χ2n) is 8.21. The molecule has 0 aromatic carbocycles. The molecule has 158 valence electrons. The van der Waals surface area contributed by atoms with Gasteiger partial charge in [0.2, 0.25) is 21.5 Å². The van der Waals surface area contributed by atoms with E-state index in [4.69, 9.17) is 1.37 Å². The number of nitrogens with zero attached hydrogens (tertiary/aromatic N) is 3. The van der Waals surface area contributed by atoms with E-state index in [0.717, 1.165) is 12.8 Å². The number of piperidine rings is 1. The van der Waals surface area contributed by atoms with Crippen molar-refractivity contribution >= 4 is 27.0 Å². The molecule has 4 rings (SSSR count). The predicted molar refractivity (Wildman–Crippen MR) is 110 cm³/mol. The quantitative estimate of drug-likeness (QED) is 0.675. The molecule has 0 unspecified atom stereocenters. The smallest absolute Gasteiger partial charge is 0.249 e. The number of H-pyrrole nitrogens is 1. The summed E-state index contributed by atoms with van der Waals surface area (Å²) in [5.74, 6) is -0.00641. The van der Waals surface area contributed by atoms with Gasteiger partial charge in [-0.25, -0.2) is 17.7 Å². The van der Waals surface area contributed by atoms with Crippen LogP contribution in [0.5, 0.6) is 0 Å². The second-order valence-corrected chi connectivity index (χ2v) is 10.2. The SMILES string of the molecule is [2H]C1(Nc2nc([C@H]3CCC[C@@]3(C)O)c3ccc(=O)[nH]c3n2)CCN(S(C)(=O)=O)CC1. The van der Waals surface area contributed by atoms with Crippen LogP contribution in [-0.4, -0.2) is 63.7 Å². The first kappa shape index (κ1) is 19.0. The van der Waals surface area contributed by atoms with Crippen LogP contribution in [0.3, 0.4) is 0 Å². The fourth-order valence-corrected chi connectivity index (χ4v) is 5.18. The molecule has 3 N–H and O–H groups in total. The van der Waals surface area contributed by atoms with Crippen LogP contribution in [0.15, 0.2) is 16.9 Å². The van der Waals surface area contributed by atoms with Crippen molar-refractivity contribution in [3.63, 3.8) is 0 Å². The molecule has 1 saturated carbocycles. The molecule has 1 aliphatic carbocycles. The first-order valence-electron chi connectivity index (χ1n) is 10.3. The van der Waals surface area contributed by atoms with Crippen LogP contribution < -0.4 is 10.9 Å². The minimum Gasteiger partial charge on any atom is -0.389 e. The van der Waals surface area contributed by atoms with Gasteiger partial charge in [0, 0.05) is 36.5 Å². The summed E-state index contributed by atoms with van der Waals surface area (Å²) in [5.41, 5.74) is -0.194. The van der Waals surface area contributed by atoms with Gasteiger partial charge in [0.15, 0.2) is 0 Å². The molecule has 2 aromatic heterocycles. The Morgan fingerprint density at radius 3 is 2.66 bits per heavy atom. The third kappa shape index (κ3) is 4.15. The topological polar surface area (TPSA) is 128 Å². The van der Waals surface area contributed by atoms with Crippen molar-refractivity contribution in [1.82, 2.24) is 19.3 Å². The highest BCUT2D eigenvalue weighted by Gasteiger charge is 2.40. The van der Waals surface area contributed by atoms with Gasteiger partial charge in [0.05, 0.1) is 18.9 Å². The van der Waals surface area contributed by atoms with Crippen LogP contribution in [0.2, 0.25) is 0 Å². The van der Waals surface area contributed by atoms with Gasteiger partial charge in [-0.1, -0.05) is 0 Å². The molecule has 2 aromatic rings. The van der Waals surface area contributed by atoms with Crippen LogP contribution in [0.1, 0.15) is 52.0 Å². The lowest BCUT2D eigenvalue weighted by atomic mass is 9.88. The third-order valence-electron chi connectivity index (χ3n) is 5.96. The fraction of sp³-hybridized carbons (Fsp3) is 0.632. The number of aliphatic hydroxyl groups is 1. The van der Waals surface area contributed by atoms with Gasteiger partial charge in [0.25, 0.3) is 0 Å². The number of fused-ring (bicyclic) bond motifs is 1. The summed E-state index contributed by atoms with van der Waals surface area (Å²) in [6, 6.07) is 1.96. The Morgan fingerprint density at radius 2 is 2.03 bits per heavy atom. The van der Waals surface area contributed by atoms with Crippen molar-refractivity contribution in [2.75, 3.05) is 24.7 Å². The number of pyridine rings is 1. The standard InChI is InChI=1S/C19H27N5O4S/c1-19(26)9-3-4-14(19)16-13-5-6-15(25)21-17(13)23-18(22-16)20-12-7-10-24(11-8-12)29(2,27)28/h5-6,12,14,26H,3-4,7-11H2,1-2H3,(H2,20,21,22,23,25)/t14-,19-/m1/s1/i12D. The second kappa shape index (κ2) is 7.33. The summed E-state index contributed by atoms with van der Waals surface area (Å²) >= 11 is 0. The van der Waals surface area contributed by atoms with Crippen molar-refractivity contribution in [2.24, 2.45) is 0 Å². The number of hydrogen-bond donors (Lipinski definition) is 3. The molecule has 0 bridgehead atoms. The van der Waals surface area contributed by atoms with Gasteiger partial charge in [0.1, 0.15) is 5.65 Å². The average Bonchev–Trinajstić information content (AvgIpc) is 2.99. The van der Waals surface area contributed by atoms with E-state index in [-0.39, 0.29) is 43.4 Å². The number of aromatic amines is 1. The van der Waals surface area contributed by atoms with Gasteiger partial charge in [-0.2, -0.15) is 4.98 Å². The molecule has 2 aliphatic rings. The van der Waals surface area contributed by atoms with Crippen LogP contribution in [0.25, 0.3) is 11.0 Å². The van der Waals surface area contributed by atoms with Gasteiger partial charge in [-0.3, -0.25) is 4.79 Å². The fourth-order valence-electron chi connectivity index (χ4n) is 4.34. The van der Waals surface area contributed by atoms with Crippen molar-refractivity contribution in [3.8, 4) is 0 Å². The van der Waals surface area contributed by atoms with E-state index < -0.39 is 21.6 Å². The van der Waals surface area contributed by atoms with E-state index in [1.165, 1.54) is 16.6 Å². The highest BCUT2D eigenvalue weighted by molar-refractivity contribution is 7.88. The van der Waals surface area contributed by atoms with E-state index >= 15 is 0 Å². The van der Waals surface area contributed by atoms with Gasteiger partial charge < -0.3 is 15.4 Å². The summed E-state index contributed by atoms with van der Waals surface area (Å²) in [4.78, 5) is 23.6. The molecule has 9 nitrogen and oxygen atoms in total. The summed E-state index contributed by atoms with van der Waals surface area (Å²) in [5, 5.41) is 14.6. The number of sulfonamides is 1. The number of nitrogens with one attached hydrogen (secondary N) is 2. The Balaban J connectivity index is 1.69. The molecule has 2 atom stereocenters. The molecular formula is C19H27N5O4S. The highest BCUT2D eigenvalue weighted by atomic mass is 32.2. The molecule has 1 saturated heterocycles. The lowest BCUT2D eigenvalue weighted by Crippen LogP contribution is -2.42. The van der Waals surface area contributed by atoms with Crippen molar-refractivity contribution < 1.29 is 14.9 Å². The van der Waals surface area contributed by atoms with E-state index in [1.54, 1.807) is 13.0 Å². The Kier molecular flexibility index (Phi) is 4.79. The van der Waals surface area contributed by atoms with E-state index in [1.807, 2.05) is 0 Å². The monoisotopic (exact) mass is 422 g/mol. The van der Waals surface area contributed by atoms with Crippen LogP contribution in [-0.2, 0) is 10.0 Å². The van der Waals surface area contributed by atoms with Crippen LogP contribution in [0, 0.1) is 0 Å². The minimum atomic E-state index is -3.29. The molecular weight excluding hydrogens is 394 g/mol. The summed E-state index contributed by atoms with van der Waals surface area (Å²) in [6.45, 7) is 2.28. The Bertz CT molecular complexity index is 1130. The molecule has 10 heteroatoms. The van der Waals surface area contributed by atoms with Gasteiger partial charge in [-0.05, 0) is 45.1 Å². The van der Waals surface area contributed by atoms with E-state index in [2.05, 4.69) is 20.3 Å². The van der Waals surface area contributed by atoms with Crippen molar-refractivity contribution in [1.29, 1.82) is 0 Å². The Morgan fingerprint density at radius 1 is 1.31 bits per heavy atom. The predicted octanol–water partition coefficient (Wildman–Crippen LogP) is 1.17. The Labute approximate surface area is 171 Å². The maximum atomic E-state index is 11.9. The number of anilines is 1. The van der Waals surface area contributed by atoms with Crippen LogP contribution >= 0.6 is 0 Å². The zero-order chi connectivity index (χ0) is 21.7. The van der Waals surface area contributed by atoms with Gasteiger partial charge in [-0.15, -0.1) is 0 Å². The minimum absolute atomic E-state index is 0.199. The maximum absolute atomic E-state index is 11.9. The maximum Gasteiger partial charge on any atom is 0.249 e. The van der Waals surface area contributed by atoms with Crippen LogP contribution in [0.4, 0.5) is 5.95 Å². The first-order chi connectivity index (χ1) is 14.0. The zero-order valence-electron chi connectivity index (χ0n) is 17.6. The normalized spacial score (nSPS) is 28.4. The highest BCUT2D eigenvalue weighted by Crippen LogP contribution is 2.43. The molecule has 1 aliphatic heterocycles. The molecule has 0 amide bonds. The van der Waals surface area contributed by atoms with Gasteiger partial charge >= 0.3 is 0 Å². The largest absolute Gasteiger partial charge is 0.389 e. The van der Waals surface area contributed by atoms with E-state index in [0.29, 0.717) is 23.1 Å². The Hall–Kier alpha value is -2.04. The van der Waals surface area contributed by atoms with Crippen molar-refractivity contribution in [3.05, 3.63) is 28.2 Å². The number of aromatic nitrogens is 3. The zero-order valence-corrected chi connectivity index (χ0v) is 17.4.